The number of carbonyl (C=O) groups is 1. The van der Waals surface area contributed by atoms with E-state index < -0.39 is 17.9 Å². The van der Waals surface area contributed by atoms with Gasteiger partial charge in [-0.05, 0) is 30.7 Å². The average molecular weight is 326 g/mol. The van der Waals surface area contributed by atoms with E-state index in [0.717, 1.165) is 0 Å². The van der Waals surface area contributed by atoms with Crippen LogP contribution in [0.4, 0.5) is 10.1 Å². The fourth-order valence-corrected chi connectivity index (χ4v) is 2.92. The van der Waals surface area contributed by atoms with Gasteiger partial charge in [0, 0.05) is 11.7 Å². The van der Waals surface area contributed by atoms with Crippen LogP contribution in [-0.4, -0.2) is 18.1 Å². The largest absolute Gasteiger partial charge is 0.364 e. The molecule has 1 heterocycles. The van der Waals surface area contributed by atoms with Gasteiger partial charge in [0.05, 0.1) is 10.6 Å². The van der Waals surface area contributed by atoms with Crippen molar-refractivity contribution in [2.45, 2.75) is 25.6 Å². The van der Waals surface area contributed by atoms with Gasteiger partial charge in [0.15, 0.2) is 0 Å². The van der Waals surface area contributed by atoms with Gasteiger partial charge in [-0.15, -0.1) is 0 Å². The summed E-state index contributed by atoms with van der Waals surface area (Å²) in [5, 5.41) is 0.512. The average Bonchev–Trinajstić information content (AvgIpc) is 2.60. The zero-order valence-corrected chi connectivity index (χ0v) is 13.3. The van der Waals surface area contributed by atoms with Crippen molar-refractivity contribution in [3.05, 3.63) is 64.9 Å². The van der Waals surface area contributed by atoms with E-state index in [0.29, 0.717) is 17.5 Å². The molecule has 0 saturated heterocycles. The molecule has 0 radical (unpaired) electrons. The van der Waals surface area contributed by atoms with Crippen LogP contribution < -0.4 is 26.9 Å². The van der Waals surface area contributed by atoms with Gasteiger partial charge < -0.3 is 16.4 Å². The molecular weight excluding hydrogens is 307 g/mol. The molecule has 1 amide bonds. The quantitative estimate of drug-likeness (QED) is 0.864. The molecule has 2 atom stereocenters. The van der Waals surface area contributed by atoms with E-state index in [1.165, 1.54) is 6.07 Å². The van der Waals surface area contributed by atoms with Gasteiger partial charge in [-0.1, -0.05) is 31.2 Å². The number of hydrogen-bond acceptors (Lipinski definition) is 4. The molecule has 124 valence electrons. The minimum absolute atomic E-state index is 0.0817. The Morgan fingerprint density at radius 2 is 1.96 bits per heavy atom. The molecule has 0 aliphatic carbocycles. The SMILES string of the molecule is CCC(N)[C@@H]1N=c2cccc(F)c2=C(C(N)=O)N1c1ccccc1. The predicted octanol–water partition coefficient (Wildman–Crippen LogP) is 0.622. The number of carbonyl (C=O) groups excluding carboxylic acids is 1. The van der Waals surface area contributed by atoms with E-state index in [1.807, 2.05) is 37.3 Å². The van der Waals surface area contributed by atoms with Crippen molar-refractivity contribution in [1.29, 1.82) is 0 Å². The minimum atomic E-state index is -0.714. The molecule has 2 aromatic carbocycles. The fraction of sp³-hybridized carbons (Fsp3) is 0.222. The van der Waals surface area contributed by atoms with Gasteiger partial charge >= 0.3 is 0 Å². The first-order chi connectivity index (χ1) is 11.5. The van der Waals surface area contributed by atoms with E-state index in [-0.39, 0.29) is 17.0 Å². The van der Waals surface area contributed by atoms with Crippen molar-refractivity contribution in [2.24, 2.45) is 16.5 Å². The van der Waals surface area contributed by atoms with E-state index in [1.54, 1.807) is 17.0 Å². The van der Waals surface area contributed by atoms with Crippen molar-refractivity contribution < 1.29 is 9.18 Å². The van der Waals surface area contributed by atoms with Crippen LogP contribution in [0, 0.1) is 5.82 Å². The van der Waals surface area contributed by atoms with Crippen molar-refractivity contribution in [3.8, 4) is 0 Å². The lowest BCUT2D eigenvalue weighted by molar-refractivity contribution is -0.113. The number of hydrogen-bond donors (Lipinski definition) is 2. The van der Waals surface area contributed by atoms with E-state index in [9.17, 15) is 9.18 Å². The zero-order chi connectivity index (χ0) is 17.3. The summed E-state index contributed by atoms with van der Waals surface area (Å²) in [5.41, 5.74) is 12.6. The number of benzene rings is 2. The number of amides is 1. The molecule has 0 bridgehead atoms. The highest BCUT2D eigenvalue weighted by Crippen LogP contribution is 2.25. The molecule has 24 heavy (non-hydrogen) atoms. The van der Waals surface area contributed by atoms with Gasteiger partial charge in [0.25, 0.3) is 5.91 Å². The third-order valence-electron chi connectivity index (χ3n) is 4.13. The molecule has 1 aliphatic heterocycles. The Morgan fingerprint density at radius 3 is 2.58 bits per heavy atom. The first-order valence-electron chi connectivity index (χ1n) is 7.81. The maximum absolute atomic E-state index is 14.4. The monoisotopic (exact) mass is 326 g/mol. The van der Waals surface area contributed by atoms with Crippen LogP contribution >= 0.6 is 0 Å². The summed E-state index contributed by atoms with van der Waals surface area (Å²) in [6.45, 7) is 1.94. The first-order valence-corrected chi connectivity index (χ1v) is 7.81. The molecule has 0 spiro atoms. The number of anilines is 1. The number of fused-ring (bicyclic) bond motifs is 1. The lowest BCUT2D eigenvalue weighted by atomic mass is 10.1. The van der Waals surface area contributed by atoms with E-state index in [4.69, 9.17) is 11.5 Å². The summed E-state index contributed by atoms with van der Waals surface area (Å²) in [6.07, 6.45) is 0.114. The topological polar surface area (TPSA) is 84.7 Å². The number of halogens is 1. The van der Waals surface area contributed by atoms with Crippen molar-refractivity contribution >= 4 is 17.3 Å². The Bertz CT molecular complexity index is 882. The summed E-state index contributed by atoms with van der Waals surface area (Å²) >= 11 is 0. The third kappa shape index (κ3) is 2.65. The molecule has 2 aromatic rings. The summed E-state index contributed by atoms with van der Waals surface area (Å²) in [4.78, 5) is 18.4. The molecule has 6 heteroatoms. The smallest absolute Gasteiger partial charge is 0.266 e. The van der Waals surface area contributed by atoms with Crippen LogP contribution in [0.5, 0.6) is 0 Å². The van der Waals surface area contributed by atoms with Crippen molar-refractivity contribution in [3.63, 3.8) is 0 Å². The van der Waals surface area contributed by atoms with Crippen molar-refractivity contribution in [2.75, 3.05) is 4.90 Å². The second-order valence-corrected chi connectivity index (χ2v) is 5.67. The van der Waals surface area contributed by atoms with Crippen LogP contribution in [-0.2, 0) is 4.79 Å². The summed E-state index contributed by atoms with van der Waals surface area (Å²) < 4.78 is 14.4. The van der Waals surface area contributed by atoms with Gasteiger partial charge in [0.1, 0.15) is 17.7 Å². The number of nitrogens with zero attached hydrogens (tertiary/aromatic N) is 2. The van der Waals surface area contributed by atoms with Crippen LogP contribution in [0.3, 0.4) is 0 Å². The number of para-hydroxylation sites is 1. The van der Waals surface area contributed by atoms with Crippen LogP contribution in [0.15, 0.2) is 53.5 Å². The van der Waals surface area contributed by atoms with Crippen molar-refractivity contribution in [1.82, 2.24) is 0 Å². The van der Waals surface area contributed by atoms with Crippen LogP contribution in [0.25, 0.3) is 5.70 Å². The Hall–Kier alpha value is -2.73. The molecule has 0 saturated carbocycles. The molecule has 4 N–H and O–H groups in total. The fourth-order valence-electron chi connectivity index (χ4n) is 2.92. The molecule has 1 unspecified atom stereocenters. The Kier molecular flexibility index (Phi) is 4.31. The summed E-state index contributed by atoms with van der Waals surface area (Å²) in [7, 11) is 0. The minimum Gasteiger partial charge on any atom is -0.364 e. The molecule has 5 nitrogen and oxygen atoms in total. The molecule has 1 aliphatic rings. The highest BCUT2D eigenvalue weighted by molar-refractivity contribution is 6.17. The second-order valence-electron chi connectivity index (χ2n) is 5.67. The second kappa shape index (κ2) is 6.41. The molecular formula is C18H19FN4O. The normalized spacial score (nSPS) is 17.9. The molecule has 3 rings (SSSR count). The summed E-state index contributed by atoms with van der Waals surface area (Å²) in [5.74, 6) is -1.25. The Balaban J connectivity index is 2.38. The summed E-state index contributed by atoms with van der Waals surface area (Å²) in [6, 6.07) is 13.3. The van der Waals surface area contributed by atoms with Gasteiger partial charge in [0.2, 0.25) is 0 Å². The van der Waals surface area contributed by atoms with Crippen LogP contribution in [0.2, 0.25) is 0 Å². The number of rotatable bonds is 4. The lowest BCUT2D eigenvalue weighted by Crippen LogP contribution is -2.56. The molecule has 0 fully saturated rings. The van der Waals surface area contributed by atoms with Crippen LogP contribution in [0.1, 0.15) is 13.3 Å². The number of nitrogens with two attached hydrogens (primary N) is 2. The standard InChI is InChI=1S/C18H19FN4O/c1-2-13(20)18-22-14-10-6-9-12(19)15(14)16(17(21)24)23(18)11-7-4-3-5-8-11/h3-10,13,18H,2,20H2,1H3,(H2,21,24)/t13?,18-/m1/s1. The van der Waals surface area contributed by atoms with E-state index >= 15 is 0 Å². The zero-order valence-electron chi connectivity index (χ0n) is 13.3. The van der Waals surface area contributed by atoms with Gasteiger partial charge in [-0.25, -0.2) is 4.39 Å². The highest BCUT2D eigenvalue weighted by Gasteiger charge is 2.33. The Morgan fingerprint density at radius 1 is 1.25 bits per heavy atom. The number of primary amides is 1. The first kappa shape index (κ1) is 16.1. The van der Waals surface area contributed by atoms with Gasteiger partial charge in [-0.2, -0.15) is 0 Å². The highest BCUT2D eigenvalue weighted by atomic mass is 19.1. The molecule has 0 aromatic heterocycles. The van der Waals surface area contributed by atoms with E-state index in [2.05, 4.69) is 4.99 Å². The maximum Gasteiger partial charge on any atom is 0.266 e. The maximum atomic E-state index is 14.4. The third-order valence-corrected chi connectivity index (χ3v) is 4.13. The predicted molar refractivity (Wildman–Crippen MR) is 90.8 cm³/mol. The Labute approximate surface area is 139 Å². The lowest BCUT2D eigenvalue weighted by Gasteiger charge is -2.36. The van der Waals surface area contributed by atoms with Gasteiger partial charge in [-0.3, -0.25) is 9.79 Å².